The van der Waals surface area contributed by atoms with E-state index >= 15 is 0 Å². The second kappa shape index (κ2) is 9.13. The molecular formula is C19H28F2N2O2. The van der Waals surface area contributed by atoms with Crippen LogP contribution in [0.25, 0.3) is 0 Å². The van der Waals surface area contributed by atoms with E-state index in [4.69, 9.17) is 4.74 Å². The highest BCUT2D eigenvalue weighted by atomic mass is 19.2. The molecular weight excluding hydrogens is 326 g/mol. The fourth-order valence-electron chi connectivity index (χ4n) is 3.44. The Morgan fingerprint density at radius 1 is 1.28 bits per heavy atom. The highest BCUT2D eigenvalue weighted by Crippen LogP contribution is 2.20. The summed E-state index contributed by atoms with van der Waals surface area (Å²) in [6, 6.07) is 3.23. The molecule has 3 unspecified atom stereocenters. The van der Waals surface area contributed by atoms with Gasteiger partial charge in [-0.2, -0.15) is 0 Å². The summed E-state index contributed by atoms with van der Waals surface area (Å²) in [5.74, 6) is -0.602. The molecule has 1 aromatic carbocycles. The lowest BCUT2D eigenvalue weighted by Gasteiger charge is -2.34. The molecule has 1 saturated heterocycles. The van der Waals surface area contributed by atoms with E-state index in [1.165, 1.54) is 12.5 Å². The normalized spacial score (nSPS) is 22.4. The van der Waals surface area contributed by atoms with E-state index in [0.717, 1.165) is 50.0 Å². The number of amides is 1. The van der Waals surface area contributed by atoms with Gasteiger partial charge in [0.1, 0.15) is 5.75 Å². The van der Waals surface area contributed by atoms with E-state index in [9.17, 15) is 13.6 Å². The smallest absolute Gasteiger partial charge is 0.260 e. The Kier molecular flexibility index (Phi) is 7.17. The van der Waals surface area contributed by atoms with Crippen LogP contribution in [-0.2, 0) is 4.79 Å². The second-order valence-electron chi connectivity index (χ2n) is 7.19. The molecule has 2 rings (SSSR count). The lowest BCUT2D eigenvalue weighted by atomic mass is 9.92. The summed E-state index contributed by atoms with van der Waals surface area (Å²) in [7, 11) is 0. The number of nitrogens with zero attached hydrogens (tertiary/aromatic N) is 1. The Labute approximate surface area is 148 Å². The maximum Gasteiger partial charge on any atom is 0.260 e. The first kappa shape index (κ1) is 19.6. The standard InChI is InChI=1S/C19H28F2N2O2/c1-13-9-14(2)12-23(11-13)8-4-7-22-19(24)15(3)25-16-5-6-17(20)18(21)10-16/h5-6,10,13-15H,4,7-9,11-12H2,1-3H3,(H,22,24). The molecule has 0 spiro atoms. The van der Waals surface area contributed by atoms with Gasteiger partial charge in [-0.1, -0.05) is 13.8 Å². The van der Waals surface area contributed by atoms with Crippen LogP contribution < -0.4 is 10.1 Å². The summed E-state index contributed by atoms with van der Waals surface area (Å²) in [6.45, 7) is 9.92. The van der Waals surface area contributed by atoms with E-state index in [-0.39, 0.29) is 11.7 Å². The zero-order valence-electron chi connectivity index (χ0n) is 15.2. The Hall–Kier alpha value is -1.69. The molecule has 140 valence electrons. The minimum absolute atomic E-state index is 0.137. The van der Waals surface area contributed by atoms with Crippen LogP contribution in [0.5, 0.6) is 5.75 Å². The molecule has 1 fully saturated rings. The van der Waals surface area contributed by atoms with Crippen molar-refractivity contribution < 1.29 is 18.3 Å². The Morgan fingerprint density at radius 3 is 2.60 bits per heavy atom. The molecule has 0 bridgehead atoms. The van der Waals surface area contributed by atoms with Crippen LogP contribution in [-0.4, -0.2) is 43.1 Å². The van der Waals surface area contributed by atoms with E-state index in [0.29, 0.717) is 6.54 Å². The van der Waals surface area contributed by atoms with Crippen molar-refractivity contribution in [1.82, 2.24) is 10.2 Å². The zero-order valence-corrected chi connectivity index (χ0v) is 15.2. The lowest BCUT2D eigenvalue weighted by molar-refractivity contribution is -0.127. The van der Waals surface area contributed by atoms with Crippen molar-refractivity contribution in [3.63, 3.8) is 0 Å². The largest absolute Gasteiger partial charge is 0.481 e. The molecule has 1 aliphatic rings. The van der Waals surface area contributed by atoms with Crippen molar-refractivity contribution in [3.05, 3.63) is 29.8 Å². The predicted octanol–water partition coefficient (Wildman–Crippen LogP) is 3.22. The average molecular weight is 354 g/mol. The van der Waals surface area contributed by atoms with Gasteiger partial charge in [-0.05, 0) is 50.3 Å². The van der Waals surface area contributed by atoms with Crippen molar-refractivity contribution in [1.29, 1.82) is 0 Å². The second-order valence-corrected chi connectivity index (χ2v) is 7.19. The average Bonchev–Trinajstić information content (AvgIpc) is 2.54. The monoisotopic (exact) mass is 354 g/mol. The van der Waals surface area contributed by atoms with Gasteiger partial charge in [0, 0.05) is 25.7 Å². The van der Waals surface area contributed by atoms with E-state index in [1.807, 2.05) is 0 Å². The van der Waals surface area contributed by atoms with Gasteiger partial charge < -0.3 is 15.0 Å². The maximum absolute atomic E-state index is 13.2. The number of hydrogen-bond acceptors (Lipinski definition) is 3. The van der Waals surface area contributed by atoms with Crippen molar-refractivity contribution in [2.75, 3.05) is 26.2 Å². The molecule has 4 nitrogen and oxygen atoms in total. The zero-order chi connectivity index (χ0) is 18.4. The summed E-state index contributed by atoms with van der Waals surface area (Å²) in [6.07, 6.45) is 1.40. The van der Waals surface area contributed by atoms with Crippen LogP contribution in [0.4, 0.5) is 8.78 Å². The highest BCUT2D eigenvalue weighted by molar-refractivity contribution is 5.80. The van der Waals surface area contributed by atoms with Crippen LogP contribution in [0.15, 0.2) is 18.2 Å². The fraction of sp³-hybridized carbons (Fsp3) is 0.632. The minimum Gasteiger partial charge on any atom is -0.481 e. The molecule has 0 radical (unpaired) electrons. The molecule has 1 aliphatic heterocycles. The molecule has 25 heavy (non-hydrogen) atoms. The van der Waals surface area contributed by atoms with Gasteiger partial charge in [-0.15, -0.1) is 0 Å². The molecule has 1 N–H and O–H groups in total. The quantitative estimate of drug-likeness (QED) is 0.765. The molecule has 0 saturated carbocycles. The van der Waals surface area contributed by atoms with Gasteiger partial charge in [0.25, 0.3) is 5.91 Å². The van der Waals surface area contributed by atoms with Crippen LogP contribution in [0.1, 0.15) is 33.6 Å². The lowest BCUT2D eigenvalue weighted by Crippen LogP contribution is -2.41. The van der Waals surface area contributed by atoms with E-state index < -0.39 is 17.7 Å². The van der Waals surface area contributed by atoms with Gasteiger partial charge in [-0.3, -0.25) is 4.79 Å². The topological polar surface area (TPSA) is 41.6 Å². The predicted molar refractivity (Wildman–Crippen MR) is 93.5 cm³/mol. The van der Waals surface area contributed by atoms with E-state index in [1.54, 1.807) is 6.92 Å². The van der Waals surface area contributed by atoms with Crippen molar-refractivity contribution in [3.8, 4) is 5.75 Å². The van der Waals surface area contributed by atoms with Crippen LogP contribution in [0.2, 0.25) is 0 Å². The summed E-state index contributed by atoms with van der Waals surface area (Å²) in [4.78, 5) is 14.5. The Bertz CT molecular complexity index is 573. The van der Waals surface area contributed by atoms with Gasteiger partial charge in [-0.25, -0.2) is 8.78 Å². The molecule has 1 heterocycles. The molecule has 3 atom stereocenters. The molecule has 0 aromatic heterocycles. The summed E-state index contributed by atoms with van der Waals surface area (Å²) >= 11 is 0. The first-order valence-corrected chi connectivity index (χ1v) is 8.97. The number of halogens is 2. The third kappa shape index (κ3) is 6.27. The molecule has 0 aliphatic carbocycles. The third-order valence-corrected chi connectivity index (χ3v) is 4.47. The van der Waals surface area contributed by atoms with Crippen LogP contribution >= 0.6 is 0 Å². The minimum atomic E-state index is -0.991. The number of carbonyl (C=O) groups is 1. The summed E-state index contributed by atoms with van der Waals surface area (Å²) < 4.78 is 31.4. The molecule has 1 aromatic rings. The number of piperidine rings is 1. The summed E-state index contributed by atoms with van der Waals surface area (Å²) in [5, 5.41) is 2.83. The fourth-order valence-corrected chi connectivity index (χ4v) is 3.44. The third-order valence-electron chi connectivity index (χ3n) is 4.47. The summed E-state index contributed by atoms with van der Waals surface area (Å²) in [5.41, 5.74) is 0. The van der Waals surface area contributed by atoms with Crippen molar-refractivity contribution >= 4 is 5.91 Å². The first-order valence-electron chi connectivity index (χ1n) is 8.97. The van der Waals surface area contributed by atoms with Gasteiger partial charge in [0.05, 0.1) is 0 Å². The highest BCUT2D eigenvalue weighted by Gasteiger charge is 2.21. The van der Waals surface area contributed by atoms with Gasteiger partial charge in [0.2, 0.25) is 0 Å². The van der Waals surface area contributed by atoms with Crippen molar-refractivity contribution in [2.24, 2.45) is 11.8 Å². The Morgan fingerprint density at radius 2 is 1.96 bits per heavy atom. The van der Waals surface area contributed by atoms with Gasteiger partial charge in [0.15, 0.2) is 17.7 Å². The Balaban J connectivity index is 1.68. The van der Waals surface area contributed by atoms with Crippen molar-refractivity contribution in [2.45, 2.75) is 39.7 Å². The number of rotatable bonds is 7. The molecule has 6 heteroatoms. The maximum atomic E-state index is 13.2. The first-order chi connectivity index (χ1) is 11.8. The number of likely N-dealkylation sites (tertiary alicyclic amines) is 1. The van der Waals surface area contributed by atoms with Crippen LogP contribution in [0, 0.1) is 23.5 Å². The van der Waals surface area contributed by atoms with E-state index in [2.05, 4.69) is 24.1 Å². The number of ether oxygens (including phenoxy) is 1. The SMILES string of the molecule is CC1CC(C)CN(CCCNC(=O)C(C)Oc2ccc(F)c(F)c2)C1. The number of carbonyl (C=O) groups excluding carboxylic acids is 1. The number of hydrogen-bond donors (Lipinski definition) is 1. The van der Waals surface area contributed by atoms with Gasteiger partial charge >= 0.3 is 0 Å². The van der Waals surface area contributed by atoms with Crippen LogP contribution in [0.3, 0.4) is 0 Å². The number of benzene rings is 1. The number of nitrogens with one attached hydrogen (secondary N) is 1. The molecule has 1 amide bonds.